The van der Waals surface area contributed by atoms with Crippen LogP contribution >= 0.6 is 0 Å². The molecule has 0 saturated carbocycles. The van der Waals surface area contributed by atoms with Crippen LogP contribution in [-0.4, -0.2) is 25.6 Å². The summed E-state index contributed by atoms with van der Waals surface area (Å²) in [6.45, 7) is 1.31. The summed E-state index contributed by atoms with van der Waals surface area (Å²) in [7, 11) is 0. The van der Waals surface area contributed by atoms with Crippen LogP contribution in [0, 0.1) is 0 Å². The number of nitrogens with two attached hydrogens (primary N) is 1. The van der Waals surface area contributed by atoms with Crippen molar-refractivity contribution in [2.24, 2.45) is 5.73 Å². The number of amides is 1. The summed E-state index contributed by atoms with van der Waals surface area (Å²) in [5.41, 5.74) is 5.29. The largest absolute Gasteiger partial charge is 0.491 e. The molecule has 0 saturated heterocycles. The maximum atomic E-state index is 11.2. The van der Waals surface area contributed by atoms with Gasteiger partial charge in [-0.15, -0.1) is 0 Å². The molecule has 0 aliphatic rings. The van der Waals surface area contributed by atoms with Crippen LogP contribution < -0.4 is 15.8 Å². The molecule has 4 nitrogen and oxygen atoms in total. The van der Waals surface area contributed by atoms with Crippen LogP contribution in [0.15, 0.2) is 42.5 Å². The maximum absolute atomic E-state index is 11.2. The standard InChI is InChI=1S/C15H18N2O2/c16-9-8-15(18)17-10-11-19-14-7-3-5-12-4-1-2-6-13(12)14/h1-7H,8-11,16H2,(H,17,18). The number of hydrogen-bond acceptors (Lipinski definition) is 3. The van der Waals surface area contributed by atoms with Crippen molar-refractivity contribution in [1.29, 1.82) is 0 Å². The highest BCUT2D eigenvalue weighted by Crippen LogP contribution is 2.24. The van der Waals surface area contributed by atoms with Gasteiger partial charge in [-0.1, -0.05) is 36.4 Å². The van der Waals surface area contributed by atoms with Crippen molar-refractivity contribution in [3.8, 4) is 5.75 Å². The number of carbonyl (C=O) groups is 1. The zero-order chi connectivity index (χ0) is 13.5. The van der Waals surface area contributed by atoms with E-state index in [1.54, 1.807) is 0 Å². The highest BCUT2D eigenvalue weighted by molar-refractivity contribution is 5.88. The summed E-state index contributed by atoms with van der Waals surface area (Å²) in [5.74, 6) is 0.801. The summed E-state index contributed by atoms with van der Waals surface area (Å²) in [4.78, 5) is 11.2. The van der Waals surface area contributed by atoms with Gasteiger partial charge in [-0.25, -0.2) is 0 Å². The number of rotatable bonds is 6. The molecular formula is C15H18N2O2. The fourth-order valence-electron chi connectivity index (χ4n) is 1.89. The van der Waals surface area contributed by atoms with E-state index in [4.69, 9.17) is 10.5 Å². The number of nitrogens with one attached hydrogen (secondary N) is 1. The topological polar surface area (TPSA) is 64.4 Å². The monoisotopic (exact) mass is 258 g/mol. The normalized spacial score (nSPS) is 10.4. The van der Waals surface area contributed by atoms with Gasteiger partial charge < -0.3 is 15.8 Å². The van der Waals surface area contributed by atoms with Crippen molar-refractivity contribution in [3.63, 3.8) is 0 Å². The van der Waals surface area contributed by atoms with Gasteiger partial charge in [0.1, 0.15) is 12.4 Å². The second-order valence-electron chi connectivity index (χ2n) is 4.21. The Morgan fingerprint density at radius 3 is 2.79 bits per heavy atom. The zero-order valence-electron chi connectivity index (χ0n) is 10.8. The van der Waals surface area contributed by atoms with Gasteiger partial charge in [0.25, 0.3) is 0 Å². The summed E-state index contributed by atoms with van der Waals surface area (Å²) in [5, 5.41) is 4.99. The minimum absolute atomic E-state index is 0.0379. The zero-order valence-corrected chi connectivity index (χ0v) is 10.8. The van der Waals surface area contributed by atoms with E-state index >= 15 is 0 Å². The molecule has 3 N–H and O–H groups in total. The minimum Gasteiger partial charge on any atom is -0.491 e. The van der Waals surface area contributed by atoms with E-state index in [0.29, 0.717) is 26.1 Å². The fraction of sp³-hybridized carbons (Fsp3) is 0.267. The molecule has 0 spiro atoms. The van der Waals surface area contributed by atoms with E-state index in [2.05, 4.69) is 5.32 Å². The number of hydrogen-bond donors (Lipinski definition) is 2. The molecule has 1 amide bonds. The first-order valence-corrected chi connectivity index (χ1v) is 6.38. The van der Waals surface area contributed by atoms with Gasteiger partial charge in [-0.05, 0) is 11.5 Å². The SMILES string of the molecule is NCCC(=O)NCCOc1cccc2ccccc12. The Morgan fingerprint density at radius 1 is 1.16 bits per heavy atom. The van der Waals surface area contributed by atoms with Crippen LogP contribution in [0.3, 0.4) is 0 Å². The molecule has 0 aliphatic carbocycles. The lowest BCUT2D eigenvalue weighted by atomic mass is 10.1. The Labute approximate surface area is 112 Å². The molecule has 0 bridgehead atoms. The molecule has 0 aliphatic heterocycles. The molecule has 100 valence electrons. The van der Waals surface area contributed by atoms with Crippen molar-refractivity contribution in [3.05, 3.63) is 42.5 Å². The number of ether oxygens (including phenoxy) is 1. The first-order valence-electron chi connectivity index (χ1n) is 6.38. The smallest absolute Gasteiger partial charge is 0.221 e. The average Bonchev–Trinajstić information content (AvgIpc) is 2.44. The van der Waals surface area contributed by atoms with E-state index in [9.17, 15) is 4.79 Å². The predicted octanol–water partition coefficient (Wildman–Crippen LogP) is 1.68. The second-order valence-corrected chi connectivity index (χ2v) is 4.21. The number of carbonyl (C=O) groups excluding carboxylic acids is 1. The maximum Gasteiger partial charge on any atom is 0.221 e. The Morgan fingerprint density at radius 2 is 1.95 bits per heavy atom. The van der Waals surface area contributed by atoms with E-state index in [1.165, 1.54) is 0 Å². The van der Waals surface area contributed by atoms with Gasteiger partial charge >= 0.3 is 0 Å². The molecule has 19 heavy (non-hydrogen) atoms. The van der Waals surface area contributed by atoms with Crippen molar-refractivity contribution >= 4 is 16.7 Å². The third-order valence-corrected chi connectivity index (χ3v) is 2.80. The Balaban J connectivity index is 1.90. The minimum atomic E-state index is -0.0379. The Bertz CT molecular complexity index is 549. The lowest BCUT2D eigenvalue weighted by Crippen LogP contribution is -2.29. The molecule has 0 aromatic heterocycles. The summed E-state index contributed by atoms with van der Waals surface area (Å²) < 4.78 is 5.70. The Hall–Kier alpha value is -2.07. The molecule has 0 radical (unpaired) electrons. The van der Waals surface area contributed by atoms with Gasteiger partial charge in [0, 0.05) is 18.4 Å². The summed E-state index contributed by atoms with van der Waals surface area (Å²) >= 11 is 0. The van der Waals surface area contributed by atoms with Crippen LogP contribution in [-0.2, 0) is 4.79 Å². The molecule has 4 heteroatoms. The third kappa shape index (κ3) is 3.69. The summed E-state index contributed by atoms with van der Waals surface area (Å²) in [6.07, 6.45) is 0.355. The van der Waals surface area contributed by atoms with E-state index in [1.807, 2.05) is 42.5 Å². The van der Waals surface area contributed by atoms with E-state index < -0.39 is 0 Å². The molecule has 2 aromatic carbocycles. The molecule has 0 fully saturated rings. The quantitative estimate of drug-likeness (QED) is 0.775. The van der Waals surface area contributed by atoms with Crippen LogP contribution in [0.5, 0.6) is 5.75 Å². The lowest BCUT2D eigenvalue weighted by Gasteiger charge is -2.10. The van der Waals surface area contributed by atoms with Crippen LogP contribution in [0.1, 0.15) is 6.42 Å². The second kappa shape index (κ2) is 6.75. The molecule has 0 atom stereocenters. The molecule has 2 rings (SSSR count). The van der Waals surface area contributed by atoms with E-state index in [0.717, 1.165) is 16.5 Å². The third-order valence-electron chi connectivity index (χ3n) is 2.80. The predicted molar refractivity (Wildman–Crippen MR) is 76.1 cm³/mol. The van der Waals surface area contributed by atoms with Gasteiger partial charge in [-0.3, -0.25) is 4.79 Å². The van der Waals surface area contributed by atoms with Crippen molar-refractivity contribution < 1.29 is 9.53 Å². The Kier molecular flexibility index (Phi) is 4.75. The van der Waals surface area contributed by atoms with Gasteiger partial charge in [-0.2, -0.15) is 0 Å². The summed E-state index contributed by atoms with van der Waals surface area (Å²) in [6, 6.07) is 14.0. The van der Waals surface area contributed by atoms with Gasteiger partial charge in [0.2, 0.25) is 5.91 Å². The first kappa shape index (κ1) is 13.4. The van der Waals surface area contributed by atoms with Crippen molar-refractivity contribution in [2.75, 3.05) is 19.7 Å². The van der Waals surface area contributed by atoms with Crippen LogP contribution in [0.25, 0.3) is 10.8 Å². The first-order chi connectivity index (χ1) is 9.31. The number of benzene rings is 2. The van der Waals surface area contributed by atoms with Gasteiger partial charge in [0.05, 0.1) is 6.54 Å². The van der Waals surface area contributed by atoms with E-state index in [-0.39, 0.29) is 5.91 Å². The van der Waals surface area contributed by atoms with Crippen LogP contribution in [0.2, 0.25) is 0 Å². The molecule has 2 aromatic rings. The van der Waals surface area contributed by atoms with Crippen molar-refractivity contribution in [1.82, 2.24) is 5.32 Å². The van der Waals surface area contributed by atoms with Crippen molar-refractivity contribution in [2.45, 2.75) is 6.42 Å². The van der Waals surface area contributed by atoms with Gasteiger partial charge in [0.15, 0.2) is 0 Å². The van der Waals surface area contributed by atoms with Crippen LogP contribution in [0.4, 0.5) is 0 Å². The highest BCUT2D eigenvalue weighted by atomic mass is 16.5. The molecule has 0 unspecified atom stereocenters. The number of fused-ring (bicyclic) bond motifs is 1. The lowest BCUT2D eigenvalue weighted by molar-refractivity contribution is -0.120. The highest BCUT2D eigenvalue weighted by Gasteiger charge is 2.02. The fourth-order valence-corrected chi connectivity index (χ4v) is 1.89. The molecular weight excluding hydrogens is 240 g/mol. The average molecular weight is 258 g/mol. The molecule has 0 heterocycles.